The molecule has 0 bridgehead atoms. The quantitative estimate of drug-likeness (QED) is 0.0291. The molecular formula is C45H60N8O7. The maximum atomic E-state index is 14.5. The monoisotopic (exact) mass is 824 g/mol. The fourth-order valence-corrected chi connectivity index (χ4v) is 6.13. The Bertz CT molecular complexity index is 1940. The summed E-state index contributed by atoms with van der Waals surface area (Å²) in [6.07, 6.45) is 0.167. The number of ether oxygens (including phenoxy) is 3. The number of aromatic nitrogens is 2. The highest BCUT2D eigenvalue weighted by Crippen LogP contribution is 2.41. The van der Waals surface area contributed by atoms with E-state index in [-0.39, 0.29) is 18.9 Å². The van der Waals surface area contributed by atoms with Crippen molar-refractivity contribution in [2.45, 2.75) is 110 Å². The molecule has 1 atom stereocenters. The number of amides is 4. The first-order chi connectivity index (χ1) is 28.1. The van der Waals surface area contributed by atoms with Crippen molar-refractivity contribution in [2.24, 2.45) is 12.0 Å². The summed E-state index contributed by atoms with van der Waals surface area (Å²) >= 11 is 0. The predicted molar refractivity (Wildman–Crippen MR) is 233 cm³/mol. The lowest BCUT2D eigenvalue weighted by Crippen LogP contribution is -2.48. The second kappa shape index (κ2) is 20.1. The number of rotatable bonds is 13. The maximum absolute atomic E-state index is 14.5. The predicted octanol–water partition coefficient (Wildman–Crippen LogP) is 8.23. The first-order valence-corrected chi connectivity index (χ1v) is 20.0. The van der Waals surface area contributed by atoms with E-state index in [1.54, 1.807) is 74.0 Å². The van der Waals surface area contributed by atoms with Crippen molar-refractivity contribution in [1.29, 1.82) is 0 Å². The number of unbranched alkanes of at least 4 members (excludes halogenated alkanes) is 1. The summed E-state index contributed by atoms with van der Waals surface area (Å²) in [5, 5.41) is 19.0. The van der Waals surface area contributed by atoms with E-state index in [0.29, 0.717) is 24.3 Å². The summed E-state index contributed by atoms with van der Waals surface area (Å²) < 4.78 is 17.9. The lowest BCUT2D eigenvalue weighted by atomic mass is 9.77. The van der Waals surface area contributed by atoms with Gasteiger partial charge in [0.2, 0.25) is 11.9 Å². The zero-order valence-electron chi connectivity index (χ0n) is 36.3. The van der Waals surface area contributed by atoms with Gasteiger partial charge in [-0.05, 0) is 98.3 Å². The highest BCUT2D eigenvalue weighted by Gasteiger charge is 2.38. The maximum Gasteiger partial charge on any atom is 0.414 e. The first kappa shape index (κ1) is 46.3. The molecule has 1 aromatic heterocycles. The van der Waals surface area contributed by atoms with Gasteiger partial charge in [0, 0.05) is 13.6 Å². The molecule has 15 nitrogen and oxygen atoms in total. The molecule has 0 saturated heterocycles. The number of anilines is 2. The number of alkyl carbamates (subject to hydrolysis) is 3. The van der Waals surface area contributed by atoms with E-state index in [9.17, 15) is 19.2 Å². The molecule has 60 heavy (non-hydrogen) atoms. The topological polar surface area (TPSA) is 186 Å². The molecule has 3 aromatic carbocycles. The fourth-order valence-electron chi connectivity index (χ4n) is 6.13. The van der Waals surface area contributed by atoms with E-state index in [4.69, 9.17) is 14.2 Å². The van der Waals surface area contributed by atoms with Crippen LogP contribution < -0.4 is 26.6 Å². The normalized spacial score (nSPS) is 12.3. The van der Waals surface area contributed by atoms with E-state index < -0.39 is 52.6 Å². The Labute approximate surface area is 353 Å². The number of nitrogens with one attached hydrogen (secondary N) is 5. The molecule has 4 aromatic rings. The Morgan fingerprint density at radius 2 is 1.08 bits per heavy atom. The Hall–Kier alpha value is -6.38. The van der Waals surface area contributed by atoms with Crippen LogP contribution in [-0.2, 0) is 31.6 Å². The van der Waals surface area contributed by atoms with E-state index in [2.05, 4.69) is 36.7 Å². The second-order valence-corrected chi connectivity index (χ2v) is 17.2. The molecule has 0 unspecified atom stereocenters. The molecule has 0 radical (unpaired) electrons. The Morgan fingerprint density at radius 1 is 0.650 bits per heavy atom. The van der Waals surface area contributed by atoms with Crippen molar-refractivity contribution in [2.75, 3.05) is 17.2 Å². The number of carbonyl (C=O) groups excluding carboxylic acids is 4. The summed E-state index contributed by atoms with van der Waals surface area (Å²) in [5.41, 5.74) is -0.197. The molecule has 0 aliphatic heterocycles. The Morgan fingerprint density at radius 3 is 1.52 bits per heavy atom. The van der Waals surface area contributed by atoms with Crippen LogP contribution in [0.3, 0.4) is 0 Å². The molecule has 5 N–H and O–H groups in total. The second-order valence-electron chi connectivity index (χ2n) is 17.2. The van der Waals surface area contributed by atoms with Crippen molar-refractivity contribution in [1.82, 2.24) is 25.7 Å². The fraction of sp³-hybridized carbons (Fsp3) is 0.422. The van der Waals surface area contributed by atoms with Crippen molar-refractivity contribution in [3.8, 4) is 0 Å². The average molecular weight is 825 g/mol. The summed E-state index contributed by atoms with van der Waals surface area (Å²) in [5.74, 6) is -0.431. The molecule has 1 heterocycles. The van der Waals surface area contributed by atoms with Gasteiger partial charge in [0.05, 0.1) is 6.20 Å². The molecule has 0 aliphatic rings. The zero-order valence-corrected chi connectivity index (χ0v) is 36.3. The molecule has 15 heteroatoms. The minimum atomic E-state index is -1.18. The third kappa shape index (κ3) is 14.2. The molecule has 322 valence electrons. The minimum Gasteiger partial charge on any atom is -0.444 e. The van der Waals surface area contributed by atoms with Gasteiger partial charge in [-0.1, -0.05) is 91.0 Å². The zero-order chi connectivity index (χ0) is 44.1. The van der Waals surface area contributed by atoms with Gasteiger partial charge in [-0.15, -0.1) is 0 Å². The lowest BCUT2D eigenvalue weighted by molar-refractivity contribution is -0.117. The van der Waals surface area contributed by atoms with Crippen molar-refractivity contribution in [3.63, 3.8) is 0 Å². The van der Waals surface area contributed by atoms with E-state index in [0.717, 1.165) is 16.7 Å². The van der Waals surface area contributed by atoms with E-state index >= 15 is 0 Å². The molecule has 4 amide bonds. The van der Waals surface area contributed by atoms with Crippen LogP contribution in [0.15, 0.2) is 102 Å². The van der Waals surface area contributed by atoms with Crippen molar-refractivity contribution < 1.29 is 33.4 Å². The van der Waals surface area contributed by atoms with Gasteiger partial charge in [0.25, 0.3) is 0 Å². The van der Waals surface area contributed by atoms with Crippen LogP contribution in [-0.4, -0.2) is 69.3 Å². The summed E-state index contributed by atoms with van der Waals surface area (Å²) in [6.45, 7) is 15.7. The molecule has 0 saturated carbocycles. The highest BCUT2D eigenvalue weighted by molar-refractivity contribution is 6.04. The number of guanidine groups is 1. The van der Waals surface area contributed by atoms with Crippen LogP contribution >= 0.6 is 0 Å². The van der Waals surface area contributed by atoms with Gasteiger partial charge in [-0.25, -0.2) is 19.4 Å². The van der Waals surface area contributed by atoms with Crippen molar-refractivity contribution in [3.05, 3.63) is 114 Å². The SMILES string of the molecule is Cn1ncc(NC(=O)[C@H](CCCCNC(=O)OC(C)(C)C)N=C(NC(=O)OC(C)(C)C)NC(=O)OC(C)(C)C)c1NC(c1ccccc1)(c1ccccc1)c1ccccc1. The smallest absolute Gasteiger partial charge is 0.414 e. The number of carbonyl (C=O) groups is 4. The molecular weight excluding hydrogens is 765 g/mol. The number of aliphatic imine (C=N–C) groups is 1. The van der Waals surface area contributed by atoms with Gasteiger partial charge in [0.15, 0.2) is 0 Å². The van der Waals surface area contributed by atoms with Crippen LogP contribution in [0.25, 0.3) is 0 Å². The largest absolute Gasteiger partial charge is 0.444 e. The third-order valence-corrected chi connectivity index (χ3v) is 8.52. The van der Waals surface area contributed by atoms with Crippen LogP contribution in [0.4, 0.5) is 25.9 Å². The number of aryl methyl sites for hydroxylation is 1. The first-order valence-electron chi connectivity index (χ1n) is 20.0. The Kier molecular flexibility index (Phi) is 15.5. The van der Waals surface area contributed by atoms with Crippen LogP contribution in [0.2, 0.25) is 0 Å². The van der Waals surface area contributed by atoms with Gasteiger partial charge >= 0.3 is 18.3 Å². The van der Waals surface area contributed by atoms with E-state index in [1.165, 1.54) is 6.20 Å². The third-order valence-electron chi connectivity index (χ3n) is 8.52. The minimum absolute atomic E-state index is 0.141. The summed E-state index contributed by atoms with van der Waals surface area (Å²) in [7, 11) is 1.77. The average Bonchev–Trinajstić information content (AvgIpc) is 3.49. The number of benzene rings is 3. The lowest BCUT2D eigenvalue weighted by Gasteiger charge is -2.38. The Balaban J connectivity index is 1.73. The highest BCUT2D eigenvalue weighted by atomic mass is 16.6. The molecule has 0 spiro atoms. The van der Waals surface area contributed by atoms with Crippen LogP contribution in [0, 0.1) is 0 Å². The van der Waals surface area contributed by atoms with Crippen LogP contribution in [0.1, 0.15) is 98.3 Å². The van der Waals surface area contributed by atoms with E-state index in [1.807, 2.05) is 91.0 Å². The van der Waals surface area contributed by atoms with Gasteiger partial charge in [-0.2, -0.15) is 5.10 Å². The van der Waals surface area contributed by atoms with Gasteiger partial charge in [-0.3, -0.25) is 20.1 Å². The standard InChI is InChI=1S/C45H60N8O7/c1-42(2,3)58-39(55)46-29-21-20-28-34(49-38(50-40(56)59-43(4,5)6)51-41(57)60-44(7,8)9)37(54)48-35-30-47-53(10)36(35)52-45(31-22-14-11-15-23-31,32-24-16-12-17-25-32)33-26-18-13-19-27-33/h11-19,22-27,30,34,52H,20-21,28-29H2,1-10H3,(H,46,55)(H,48,54)(H2,49,50,51,56,57)/t34-/m0/s1. The van der Waals surface area contributed by atoms with Crippen molar-refractivity contribution >= 4 is 41.7 Å². The number of hydrogen-bond acceptors (Lipinski definition) is 10. The molecule has 0 aliphatic carbocycles. The summed E-state index contributed by atoms with van der Waals surface area (Å²) in [6, 6.07) is 28.8. The van der Waals surface area contributed by atoms with Gasteiger partial charge < -0.3 is 30.2 Å². The molecule has 4 rings (SSSR count). The van der Waals surface area contributed by atoms with Crippen LogP contribution in [0.5, 0.6) is 0 Å². The summed E-state index contributed by atoms with van der Waals surface area (Å²) in [4.78, 5) is 57.3. The number of nitrogens with zero attached hydrogens (tertiary/aromatic N) is 3. The number of hydrogen-bond donors (Lipinski definition) is 5. The van der Waals surface area contributed by atoms with Gasteiger partial charge in [0.1, 0.15) is 39.9 Å². The molecule has 0 fully saturated rings.